The predicted octanol–water partition coefficient (Wildman–Crippen LogP) is 3.07. The molecule has 3 rings (SSSR count). The lowest BCUT2D eigenvalue weighted by Gasteiger charge is -2.29. The van der Waals surface area contributed by atoms with Crippen LogP contribution in [0.2, 0.25) is 0 Å². The summed E-state index contributed by atoms with van der Waals surface area (Å²) in [4.78, 5) is 16.9. The summed E-state index contributed by atoms with van der Waals surface area (Å²) in [6, 6.07) is 5.08. The Balaban J connectivity index is 2.18. The molecule has 1 aliphatic rings. The Kier molecular flexibility index (Phi) is 4.89. The first kappa shape index (κ1) is 17.2. The molecule has 0 radical (unpaired) electrons. The highest BCUT2D eigenvalue weighted by atomic mass is 79.9. The number of benzene rings is 1. The van der Waals surface area contributed by atoms with E-state index in [4.69, 9.17) is 9.47 Å². The fraction of sp³-hybridized carbons (Fsp3) is 0.235. The number of halogens is 1. The van der Waals surface area contributed by atoms with Gasteiger partial charge in [0.15, 0.2) is 0 Å². The lowest BCUT2D eigenvalue weighted by atomic mass is 9.95. The third-order valence-electron chi connectivity index (χ3n) is 3.83. The number of carbonyl (C=O) groups is 1. The molecule has 0 spiro atoms. The van der Waals surface area contributed by atoms with E-state index in [0.717, 1.165) is 10.0 Å². The van der Waals surface area contributed by atoms with Crippen LogP contribution in [0.5, 0.6) is 5.75 Å². The molecule has 0 bridgehead atoms. The Bertz CT molecular complexity index is 859. The van der Waals surface area contributed by atoms with Crippen LogP contribution < -0.4 is 10.1 Å². The van der Waals surface area contributed by atoms with Crippen molar-refractivity contribution in [1.29, 1.82) is 0 Å². The van der Waals surface area contributed by atoms with Crippen molar-refractivity contribution < 1.29 is 14.3 Å². The standard InChI is InChI=1S/C17H17BrN4O3/c1-4-7-25-16(23)14-10(2)21-17-19-9-20-22(17)15(14)12-8-11(18)5-6-13(12)24-3/h4-6,8-9,15H,1,7H2,2-3H3,(H,19,20,21). The minimum absolute atomic E-state index is 0.127. The minimum atomic E-state index is -0.525. The van der Waals surface area contributed by atoms with E-state index in [0.29, 0.717) is 23.0 Å². The predicted molar refractivity (Wildman–Crippen MR) is 96.3 cm³/mol. The van der Waals surface area contributed by atoms with E-state index in [1.165, 1.54) is 12.4 Å². The zero-order valence-corrected chi connectivity index (χ0v) is 15.4. The van der Waals surface area contributed by atoms with Gasteiger partial charge in [-0.25, -0.2) is 9.48 Å². The molecule has 1 aliphatic heterocycles. The van der Waals surface area contributed by atoms with Gasteiger partial charge in [0.25, 0.3) is 0 Å². The van der Waals surface area contributed by atoms with Crippen LogP contribution in [0, 0.1) is 0 Å². The van der Waals surface area contributed by atoms with Gasteiger partial charge in [0.05, 0.1) is 12.7 Å². The van der Waals surface area contributed by atoms with E-state index in [1.54, 1.807) is 18.7 Å². The number of allylic oxidation sites excluding steroid dienone is 1. The van der Waals surface area contributed by atoms with Gasteiger partial charge < -0.3 is 14.8 Å². The second kappa shape index (κ2) is 7.10. The fourth-order valence-electron chi connectivity index (χ4n) is 2.77. The summed E-state index contributed by atoms with van der Waals surface area (Å²) < 4.78 is 13.3. The van der Waals surface area contributed by atoms with Crippen molar-refractivity contribution in [2.75, 3.05) is 19.0 Å². The number of carbonyl (C=O) groups excluding carboxylic acids is 1. The molecule has 0 aliphatic carbocycles. The third kappa shape index (κ3) is 3.17. The van der Waals surface area contributed by atoms with Crippen molar-refractivity contribution in [1.82, 2.24) is 14.8 Å². The van der Waals surface area contributed by atoms with Crippen molar-refractivity contribution in [2.45, 2.75) is 13.0 Å². The molecule has 7 nitrogen and oxygen atoms in total. The first-order valence-electron chi connectivity index (χ1n) is 7.55. The summed E-state index contributed by atoms with van der Waals surface area (Å²) >= 11 is 3.47. The van der Waals surface area contributed by atoms with Gasteiger partial charge in [-0.05, 0) is 25.1 Å². The molecule has 1 N–H and O–H groups in total. The number of fused-ring (bicyclic) bond motifs is 1. The average Bonchev–Trinajstić information content (AvgIpc) is 3.06. The molecule has 2 heterocycles. The number of anilines is 1. The minimum Gasteiger partial charge on any atom is -0.496 e. The van der Waals surface area contributed by atoms with E-state index in [2.05, 4.69) is 37.9 Å². The molecule has 1 aromatic heterocycles. The van der Waals surface area contributed by atoms with Crippen LogP contribution in [0.25, 0.3) is 0 Å². The maximum Gasteiger partial charge on any atom is 0.338 e. The maximum absolute atomic E-state index is 12.7. The van der Waals surface area contributed by atoms with Crippen LogP contribution in [0.3, 0.4) is 0 Å². The summed E-state index contributed by atoms with van der Waals surface area (Å²) in [7, 11) is 1.59. The number of hydrogen-bond donors (Lipinski definition) is 1. The van der Waals surface area contributed by atoms with Crippen molar-refractivity contribution >= 4 is 27.8 Å². The number of nitrogens with zero attached hydrogens (tertiary/aromatic N) is 3. The van der Waals surface area contributed by atoms with Crippen molar-refractivity contribution in [3.63, 3.8) is 0 Å². The zero-order chi connectivity index (χ0) is 18.0. The topological polar surface area (TPSA) is 78.3 Å². The number of rotatable bonds is 5. The van der Waals surface area contributed by atoms with Crippen LogP contribution in [0.1, 0.15) is 18.5 Å². The van der Waals surface area contributed by atoms with Crippen molar-refractivity contribution in [2.24, 2.45) is 0 Å². The Labute approximate surface area is 153 Å². The first-order valence-corrected chi connectivity index (χ1v) is 8.34. The Morgan fingerprint density at radius 1 is 1.52 bits per heavy atom. The summed E-state index contributed by atoms with van der Waals surface area (Å²) in [5.41, 5.74) is 1.87. The van der Waals surface area contributed by atoms with E-state index in [-0.39, 0.29) is 6.61 Å². The van der Waals surface area contributed by atoms with Crippen molar-refractivity contribution in [3.8, 4) is 5.75 Å². The molecule has 1 aromatic carbocycles. The average molecular weight is 405 g/mol. The second-order valence-electron chi connectivity index (χ2n) is 5.37. The highest BCUT2D eigenvalue weighted by molar-refractivity contribution is 9.10. The smallest absolute Gasteiger partial charge is 0.338 e. The van der Waals surface area contributed by atoms with Gasteiger partial charge in [-0.2, -0.15) is 10.1 Å². The zero-order valence-electron chi connectivity index (χ0n) is 13.8. The Hall–Kier alpha value is -2.61. The lowest BCUT2D eigenvalue weighted by molar-refractivity contribution is -0.138. The van der Waals surface area contributed by atoms with E-state index < -0.39 is 12.0 Å². The van der Waals surface area contributed by atoms with Crippen LogP contribution in [-0.2, 0) is 9.53 Å². The number of esters is 1. The molecule has 1 unspecified atom stereocenters. The SMILES string of the molecule is C=CCOC(=O)C1=C(C)Nc2ncnn2C1c1cc(Br)ccc1OC. The number of methoxy groups -OCH3 is 1. The van der Waals surface area contributed by atoms with Gasteiger partial charge in [0.1, 0.15) is 24.7 Å². The molecule has 0 fully saturated rings. The molecule has 0 saturated heterocycles. The molecular weight excluding hydrogens is 388 g/mol. The molecule has 0 amide bonds. The third-order valence-corrected chi connectivity index (χ3v) is 4.33. The van der Waals surface area contributed by atoms with Gasteiger partial charge >= 0.3 is 5.97 Å². The molecular formula is C17H17BrN4O3. The summed E-state index contributed by atoms with van der Waals surface area (Å²) in [5.74, 6) is 0.737. The van der Waals surface area contributed by atoms with Crippen LogP contribution in [0.15, 0.2) is 52.9 Å². The Morgan fingerprint density at radius 3 is 3.04 bits per heavy atom. The van der Waals surface area contributed by atoms with Gasteiger partial charge in [-0.1, -0.05) is 28.6 Å². The summed E-state index contributed by atoms with van der Waals surface area (Å²) in [6.45, 7) is 5.51. The summed E-state index contributed by atoms with van der Waals surface area (Å²) in [6.07, 6.45) is 2.96. The quantitative estimate of drug-likeness (QED) is 0.609. The van der Waals surface area contributed by atoms with Gasteiger partial charge in [0, 0.05) is 15.7 Å². The van der Waals surface area contributed by atoms with Crippen LogP contribution in [0.4, 0.5) is 5.95 Å². The van der Waals surface area contributed by atoms with Crippen LogP contribution >= 0.6 is 15.9 Å². The maximum atomic E-state index is 12.7. The van der Waals surface area contributed by atoms with E-state index >= 15 is 0 Å². The van der Waals surface area contributed by atoms with Crippen LogP contribution in [-0.4, -0.2) is 34.5 Å². The molecule has 25 heavy (non-hydrogen) atoms. The van der Waals surface area contributed by atoms with Gasteiger partial charge in [0.2, 0.25) is 5.95 Å². The number of hydrogen-bond acceptors (Lipinski definition) is 6. The molecule has 0 saturated carbocycles. The monoisotopic (exact) mass is 404 g/mol. The second-order valence-corrected chi connectivity index (χ2v) is 6.28. The fourth-order valence-corrected chi connectivity index (χ4v) is 3.15. The number of ether oxygens (including phenoxy) is 2. The highest BCUT2D eigenvalue weighted by Gasteiger charge is 2.36. The van der Waals surface area contributed by atoms with Gasteiger partial charge in [-0.15, -0.1) is 0 Å². The highest BCUT2D eigenvalue weighted by Crippen LogP contribution is 2.40. The molecule has 8 heteroatoms. The van der Waals surface area contributed by atoms with E-state index in [9.17, 15) is 4.79 Å². The number of nitrogens with one attached hydrogen (secondary N) is 1. The first-order chi connectivity index (χ1) is 12.1. The lowest BCUT2D eigenvalue weighted by Crippen LogP contribution is -2.30. The van der Waals surface area contributed by atoms with Gasteiger partial charge in [-0.3, -0.25) is 0 Å². The number of aromatic nitrogens is 3. The summed E-state index contributed by atoms with van der Waals surface area (Å²) in [5, 5.41) is 7.37. The Morgan fingerprint density at radius 2 is 2.32 bits per heavy atom. The molecule has 1 atom stereocenters. The molecule has 2 aromatic rings. The van der Waals surface area contributed by atoms with E-state index in [1.807, 2.05) is 18.2 Å². The largest absolute Gasteiger partial charge is 0.496 e. The molecule has 130 valence electrons. The van der Waals surface area contributed by atoms with Crippen molar-refractivity contribution in [3.05, 3.63) is 58.5 Å². The normalized spacial score (nSPS) is 16.0.